The van der Waals surface area contributed by atoms with Crippen molar-refractivity contribution in [3.05, 3.63) is 127 Å². The van der Waals surface area contributed by atoms with E-state index in [0.29, 0.717) is 17.5 Å². The van der Waals surface area contributed by atoms with Gasteiger partial charge in [-0.15, -0.1) is 0 Å². The maximum atomic E-state index is 6.45. The number of fused-ring (bicyclic) bond motifs is 8. The average molecular weight is 540 g/mol. The van der Waals surface area contributed by atoms with Gasteiger partial charge in [0, 0.05) is 43.6 Å². The molecule has 0 saturated heterocycles. The van der Waals surface area contributed by atoms with Crippen molar-refractivity contribution in [1.82, 2.24) is 15.0 Å². The molecule has 3 heterocycles. The van der Waals surface area contributed by atoms with Crippen molar-refractivity contribution in [2.24, 2.45) is 0 Å². The van der Waals surface area contributed by atoms with Crippen LogP contribution in [0.15, 0.2) is 136 Å². The second kappa shape index (κ2) is 8.85. The van der Waals surface area contributed by atoms with Crippen LogP contribution >= 0.6 is 0 Å². The van der Waals surface area contributed by atoms with Crippen molar-refractivity contribution in [3.63, 3.8) is 0 Å². The molecule has 0 radical (unpaired) electrons. The summed E-state index contributed by atoms with van der Waals surface area (Å²) in [7, 11) is 0. The average Bonchev–Trinajstić information content (AvgIpc) is 3.63. The molecule has 0 spiro atoms. The van der Waals surface area contributed by atoms with E-state index in [4.69, 9.17) is 23.8 Å². The summed E-state index contributed by atoms with van der Waals surface area (Å²) in [5, 5.41) is 6.29. The standard InChI is InChI=1S/C37H21N3O2/c1-2-10-22(11-3-1)35-38-36(24-18-19-27-26-14-6-8-16-30(26)41-32(27)21-24)40-37(39-35)29-20-23-12-4-5-13-25(23)34-33(29)28-15-7-9-17-31(28)42-34/h1-21H. The first-order valence-corrected chi connectivity index (χ1v) is 13.9. The third-order valence-electron chi connectivity index (χ3n) is 7.92. The van der Waals surface area contributed by atoms with Crippen LogP contribution in [0.2, 0.25) is 0 Å². The summed E-state index contributed by atoms with van der Waals surface area (Å²) < 4.78 is 12.7. The molecule has 0 N–H and O–H groups in total. The number of hydrogen-bond acceptors (Lipinski definition) is 5. The quantitative estimate of drug-likeness (QED) is 0.224. The van der Waals surface area contributed by atoms with E-state index in [-0.39, 0.29) is 0 Å². The minimum atomic E-state index is 0.579. The lowest BCUT2D eigenvalue weighted by Gasteiger charge is -2.10. The number of rotatable bonds is 3. The van der Waals surface area contributed by atoms with Crippen molar-refractivity contribution in [2.75, 3.05) is 0 Å². The Labute approximate surface area is 239 Å². The molecule has 0 fully saturated rings. The van der Waals surface area contributed by atoms with Crippen molar-refractivity contribution >= 4 is 54.6 Å². The zero-order chi connectivity index (χ0) is 27.6. The number of para-hydroxylation sites is 2. The van der Waals surface area contributed by atoms with Crippen LogP contribution in [-0.2, 0) is 0 Å². The summed E-state index contributed by atoms with van der Waals surface area (Å²) in [6, 6.07) is 42.8. The molecule has 0 aliphatic carbocycles. The first-order chi connectivity index (χ1) is 20.8. The third-order valence-corrected chi connectivity index (χ3v) is 7.92. The molecule has 9 rings (SSSR count). The van der Waals surface area contributed by atoms with Crippen LogP contribution < -0.4 is 0 Å². The molecule has 9 aromatic rings. The lowest BCUT2D eigenvalue weighted by atomic mass is 9.99. The van der Waals surface area contributed by atoms with Gasteiger partial charge in [0.2, 0.25) is 0 Å². The highest BCUT2D eigenvalue weighted by molar-refractivity contribution is 6.20. The van der Waals surface area contributed by atoms with Crippen LogP contribution in [0, 0.1) is 0 Å². The van der Waals surface area contributed by atoms with Gasteiger partial charge >= 0.3 is 0 Å². The van der Waals surface area contributed by atoms with Crippen molar-refractivity contribution in [2.45, 2.75) is 0 Å². The number of nitrogens with zero attached hydrogens (tertiary/aromatic N) is 3. The second-order valence-electron chi connectivity index (χ2n) is 10.4. The van der Waals surface area contributed by atoms with Crippen LogP contribution in [0.1, 0.15) is 0 Å². The maximum Gasteiger partial charge on any atom is 0.164 e. The van der Waals surface area contributed by atoms with Gasteiger partial charge in [-0.1, -0.05) is 97.1 Å². The van der Waals surface area contributed by atoms with Gasteiger partial charge in [0.05, 0.1) is 0 Å². The van der Waals surface area contributed by atoms with Gasteiger partial charge in [-0.05, 0) is 35.7 Å². The van der Waals surface area contributed by atoms with E-state index in [9.17, 15) is 0 Å². The number of hydrogen-bond donors (Lipinski definition) is 0. The molecule has 0 atom stereocenters. The maximum absolute atomic E-state index is 6.45. The van der Waals surface area contributed by atoms with Crippen LogP contribution in [0.3, 0.4) is 0 Å². The van der Waals surface area contributed by atoms with Crippen molar-refractivity contribution < 1.29 is 8.83 Å². The van der Waals surface area contributed by atoms with Crippen LogP contribution in [0.25, 0.3) is 88.8 Å². The molecule has 0 bridgehead atoms. The molecule has 3 aromatic heterocycles. The fourth-order valence-electron chi connectivity index (χ4n) is 5.94. The van der Waals surface area contributed by atoms with Crippen molar-refractivity contribution in [3.8, 4) is 34.2 Å². The molecule has 5 heteroatoms. The smallest absolute Gasteiger partial charge is 0.164 e. The minimum absolute atomic E-state index is 0.579. The highest BCUT2D eigenvalue weighted by Crippen LogP contribution is 2.41. The van der Waals surface area contributed by atoms with Crippen LogP contribution in [0.5, 0.6) is 0 Å². The van der Waals surface area contributed by atoms with E-state index in [0.717, 1.165) is 71.3 Å². The monoisotopic (exact) mass is 539 g/mol. The molecule has 196 valence electrons. The second-order valence-corrected chi connectivity index (χ2v) is 10.4. The molecule has 0 unspecified atom stereocenters. The molecule has 6 aromatic carbocycles. The molecule has 5 nitrogen and oxygen atoms in total. The van der Waals surface area contributed by atoms with Gasteiger partial charge in [-0.2, -0.15) is 0 Å². The Hall–Kier alpha value is -5.81. The summed E-state index contributed by atoms with van der Waals surface area (Å²) in [6.45, 7) is 0. The summed E-state index contributed by atoms with van der Waals surface area (Å²) in [5.41, 5.74) is 5.99. The van der Waals surface area contributed by atoms with Crippen molar-refractivity contribution in [1.29, 1.82) is 0 Å². The van der Waals surface area contributed by atoms with Crippen LogP contribution in [-0.4, -0.2) is 15.0 Å². The van der Waals surface area contributed by atoms with Gasteiger partial charge in [0.15, 0.2) is 17.5 Å². The minimum Gasteiger partial charge on any atom is -0.456 e. The van der Waals surface area contributed by atoms with Gasteiger partial charge in [-0.25, -0.2) is 15.0 Å². The largest absolute Gasteiger partial charge is 0.456 e. The Morgan fingerprint density at radius 3 is 1.86 bits per heavy atom. The Bertz CT molecular complexity index is 2470. The Morgan fingerprint density at radius 1 is 0.405 bits per heavy atom. The van der Waals surface area contributed by atoms with E-state index in [1.54, 1.807) is 0 Å². The number of furan rings is 2. The molecule has 0 saturated carbocycles. The van der Waals surface area contributed by atoms with Gasteiger partial charge in [0.25, 0.3) is 0 Å². The zero-order valence-electron chi connectivity index (χ0n) is 22.3. The summed E-state index contributed by atoms with van der Waals surface area (Å²) in [4.78, 5) is 15.1. The fraction of sp³-hybridized carbons (Fsp3) is 0. The van der Waals surface area contributed by atoms with Gasteiger partial charge in [0.1, 0.15) is 22.3 Å². The van der Waals surface area contributed by atoms with E-state index >= 15 is 0 Å². The zero-order valence-corrected chi connectivity index (χ0v) is 22.3. The first-order valence-electron chi connectivity index (χ1n) is 13.9. The lowest BCUT2D eigenvalue weighted by molar-refractivity contribution is 0.669. The van der Waals surface area contributed by atoms with E-state index in [1.165, 1.54) is 0 Å². The van der Waals surface area contributed by atoms with Gasteiger partial charge < -0.3 is 8.83 Å². The topological polar surface area (TPSA) is 65.0 Å². The Morgan fingerprint density at radius 2 is 1.02 bits per heavy atom. The number of benzene rings is 6. The normalized spacial score (nSPS) is 11.8. The van der Waals surface area contributed by atoms with E-state index < -0.39 is 0 Å². The molecular formula is C37H21N3O2. The predicted octanol–water partition coefficient (Wildman–Crippen LogP) is 9.82. The molecule has 0 aliphatic rings. The fourth-order valence-corrected chi connectivity index (χ4v) is 5.94. The highest BCUT2D eigenvalue weighted by atomic mass is 16.3. The SMILES string of the molecule is c1ccc(-c2nc(-c3ccc4c(c3)oc3ccccc34)nc(-c3cc4ccccc4c4oc5ccccc5c34)n2)cc1. The highest BCUT2D eigenvalue weighted by Gasteiger charge is 2.20. The van der Waals surface area contributed by atoms with E-state index in [1.807, 2.05) is 84.9 Å². The number of aromatic nitrogens is 3. The molecule has 0 amide bonds. The molecule has 0 aliphatic heterocycles. The lowest BCUT2D eigenvalue weighted by Crippen LogP contribution is -2.00. The van der Waals surface area contributed by atoms with E-state index in [2.05, 4.69) is 42.5 Å². The summed E-state index contributed by atoms with van der Waals surface area (Å²) in [5.74, 6) is 1.77. The Balaban J connectivity index is 1.35. The molecule has 42 heavy (non-hydrogen) atoms. The summed E-state index contributed by atoms with van der Waals surface area (Å²) >= 11 is 0. The third kappa shape index (κ3) is 3.47. The summed E-state index contributed by atoms with van der Waals surface area (Å²) in [6.07, 6.45) is 0. The predicted molar refractivity (Wildman–Crippen MR) is 168 cm³/mol. The molecular weight excluding hydrogens is 518 g/mol. The van der Waals surface area contributed by atoms with Gasteiger partial charge in [-0.3, -0.25) is 0 Å². The van der Waals surface area contributed by atoms with Crippen LogP contribution in [0.4, 0.5) is 0 Å². The Kier molecular flexibility index (Phi) is 4.83. The first kappa shape index (κ1) is 22.9.